The summed E-state index contributed by atoms with van der Waals surface area (Å²) < 4.78 is 5.94. The number of nitrogens with one attached hydrogen (secondary N) is 4. The van der Waals surface area contributed by atoms with Gasteiger partial charge in [0.05, 0.1) is 0 Å². The zero-order valence-electron chi connectivity index (χ0n) is 13.8. The number of halogens is 1. The maximum Gasteiger partial charge on any atom is 0.250 e. The van der Waals surface area contributed by atoms with Gasteiger partial charge in [-0.3, -0.25) is 10.1 Å². The predicted octanol–water partition coefficient (Wildman–Crippen LogP) is 1.61. The van der Waals surface area contributed by atoms with E-state index in [1.54, 1.807) is 11.8 Å². The minimum atomic E-state index is -0.488. The number of thioether (sulfide) groups is 1. The van der Waals surface area contributed by atoms with Crippen LogP contribution in [0.15, 0.2) is 0 Å². The zero-order valence-corrected chi connectivity index (χ0v) is 15.4. The van der Waals surface area contributed by atoms with Crippen molar-refractivity contribution >= 4 is 29.3 Å². The number of carbonyl (C=O) groups excluding carboxylic acids is 1. The molecule has 136 valence electrons. The molecule has 1 amide bonds. The first-order valence-electron chi connectivity index (χ1n) is 9.23. The van der Waals surface area contributed by atoms with Gasteiger partial charge in [-0.25, -0.2) is 10.9 Å². The second kappa shape index (κ2) is 7.68. The highest BCUT2D eigenvalue weighted by Crippen LogP contribution is 2.37. The minimum Gasteiger partial charge on any atom is -0.324 e. The Hall–Kier alpha value is -0.0500. The Morgan fingerprint density at radius 3 is 2.71 bits per heavy atom. The predicted molar refractivity (Wildman–Crippen MR) is 95.2 cm³/mol. The molecule has 4 fully saturated rings. The van der Waals surface area contributed by atoms with Crippen LogP contribution in [-0.2, 0) is 9.53 Å². The summed E-state index contributed by atoms with van der Waals surface area (Å²) in [5.74, 6) is 0.289. The summed E-state index contributed by atoms with van der Waals surface area (Å²) in [7, 11) is 0. The Labute approximate surface area is 152 Å². The van der Waals surface area contributed by atoms with Crippen LogP contribution >= 0.6 is 23.4 Å². The largest absolute Gasteiger partial charge is 0.324 e. The fourth-order valence-electron chi connectivity index (χ4n) is 4.31. The van der Waals surface area contributed by atoms with E-state index in [4.69, 9.17) is 16.3 Å². The number of carbonyl (C=O) groups is 1. The van der Waals surface area contributed by atoms with E-state index in [2.05, 4.69) is 21.5 Å². The fourth-order valence-corrected chi connectivity index (χ4v) is 6.22. The highest BCUT2D eigenvalue weighted by molar-refractivity contribution is 8.01. The highest BCUT2D eigenvalue weighted by Gasteiger charge is 2.41. The molecule has 0 aromatic carbocycles. The van der Waals surface area contributed by atoms with Crippen molar-refractivity contribution in [2.45, 2.75) is 86.0 Å². The SMILES string of the molecule is O=C(NC1NNC(C2CCCCC2Cl)O1)C1NC2CCCCC2S1. The molecule has 0 aromatic rings. The first-order chi connectivity index (χ1) is 11.7. The van der Waals surface area contributed by atoms with Gasteiger partial charge in [0.1, 0.15) is 11.6 Å². The third-order valence-corrected chi connectivity index (χ3v) is 7.73. The third-order valence-electron chi connectivity index (χ3n) is 5.65. The average molecular weight is 375 g/mol. The van der Waals surface area contributed by atoms with Gasteiger partial charge in [-0.15, -0.1) is 23.4 Å². The number of fused-ring (bicyclic) bond motifs is 1. The molecule has 4 rings (SSSR count). The number of rotatable bonds is 3. The van der Waals surface area contributed by atoms with Gasteiger partial charge in [-0.05, 0) is 25.7 Å². The van der Waals surface area contributed by atoms with Crippen molar-refractivity contribution < 1.29 is 9.53 Å². The number of hydrogen-bond acceptors (Lipinski definition) is 6. The van der Waals surface area contributed by atoms with E-state index < -0.39 is 6.35 Å². The van der Waals surface area contributed by atoms with Crippen LogP contribution in [0.25, 0.3) is 0 Å². The first-order valence-corrected chi connectivity index (χ1v) is 10.6. The molecule has 0 radical (unpaired) electrons. The second-order valence-corrected chi connectivity index (χ2v) is 9.22. The number of hydrogen-bond donors (Lipinski definition) is 4. The number of amides is 1. The maximum absolute atomic E-state index is 12.5. The Morgan fingerprint density at radius 2 is 1.88 bits per heavy atom. The van der Waals surface area contributed by atoms with Crippen molar-refractivity contribution in [3.63, 3.8) is 0 Å². The summed E-state index contributed by atoms with van der Waals surface area (Å²) in [6.45, 7) is 0. The van der Waals surface area contributed by atoms with Crippen LogP contribution in [0.2, 0.25) is 0 Å². The minimum absolute atomic E-state index is 0.000387. The standard InChI is InChI=1S/C16H27ClN4O2S/c17-10-6-2-1-5-9(10)14-20-21-16(23-14)19-13(22)15-18-11-7-3-4-8-12(11)24-15/h9-12,14-16,18,20-21H,1-8H2,(H,19,22). The summed E-state index contributed by atoms with van der Waals surface area (Å²) in [5, 5.41) is 6.98. The number of ether oxygens (including phenoxy) is 1. The van der Waals surface area contributed by atoms with Crippen molar-refractivity contribution in [3.05, 3.63) is 0 Å². The Morgan fingerprint density at radius 1 is 1.08 bits per heavy atom. The summed E-state index contributed by atoms with van der Waals surface area (Å²) in [5.41, 5.74) is 6.20. The molecule has 7 unspecified atom stereocenters. The van der Waals surface area contributed by atoms with E-state index in [9.17, 15) is 4.79 Å². The zero-order chi connectivity index (χ0) is 16.5. The summed E-state index contributed by atoms with van der Waals surface area (Å²) in [6, 6.07) is 0.488. The molecule has 2 aliphatic heterocycles. The van der Waals surface area contributed by atoms with Crippen LogP contribution in [0.3, 0.4) is 0 Å². The summed E-state index contributed by atoms with van der Waals surface area (Å²) >= 11 is 8.21. The molecule has 6 nitrogen and oxygen atoms in total. The molecule has 0 aromatic heterocycles. The van der Waals surface area contributed by atoms with Crippen molar-refractivity contribution in [1.29, 1.82) is 0 Å². The van der Waals surface area contributed by atoms with E-state index >= 15 is 0 Å². The lowest BCUT2D eigenvalue weighted by Crippen LogP contribution is -2.50. The van der Waals surface area contributed by atoms with E-state index in [1.165, 1.54) is 38.5 Å². The maximum atomic E-state index is 12.5. The molecule has 2 aliphatic carbocycles. The smallest absolute Gasteiger partial charge is 0.250 e. The first kappa shape index (κ1) is 17.4. The van der Waals surface area contributed by atoms with Gasteiger partial charge < -0.3 is 10.1 Å². The van der Waals surface area contributed by atoms with Gasteiger partial charge in [-0.2, -0.15) is 0 Å². The van der Waals surface area contributed by atoms with Crippen LogP contribution in [0.1, 0.15) is 51.4 Å². The van der Waals surface area contributed by atoms with E-state index in [0.717, 1.165) is 12.8 Å². The van der Waals surface area contributed by atoms with Gasteiger partial charge >= 0.3 is 0 Å². The number of alkyl halides is 1. The molecule has 0 spiro atoms. The fraction of sp³-hybridized carbons (Fsp3) is 0.938. The van der Waals surface area contributed by atoms with Crippen LogP contribution in [0.4, 0.5) is 0 Å². The third kappa shape index (κ3) is 3.71. The normalized spacial score (nSPS) is 45.8. The van der Waals surface area contributed by atoms with Gasteiger partial charge in [0.15, 0.2) is 0 Å². The Kier molecular flexibility index (Phi) is 5.56. The quantitative estimate of drug-likeness (QED) is 0.562. The molecule has 2 saturated carbocycles. The Bertz CT molecular complexity index is 457. The Balaban J connectivity index is 1.26. The second-order valence-electron chi connectivity index (χ2n) is 7.31. The van der Waals surface area contributed by atoms with Crippen LogP contribution in [-0.4, -0.2) is 40.5 Å². The molecule has 8 heteroatoms. The van der Waals surface area contributed by atoms with Crippen molar-refractivity contribution in [2.75, 3.05) is 0 Å². The van der Waals surface area contributed by atoms with E-state index in [0.29, 0.717) is 11.3 Å². The molecular formula is C16H27ClN4O2S. The molecular weight excluding hydrogens is 348 g/mol. The molecule has 0 bridgehead atoms. The molecule has 4 aliphatic rings. The lowest BCUT2D eigenvalue weighted by molar-refractivity contribution is -0.126. The molecule has 2 saturated heterocycles. The van der Waals surface area contributed by atoms with Gasteiger partial charge in [0, 0.05) is 22.6 Å². The molecule has 4 N–H and O–H groups in total. The van der Waals surface area contributed by atoms with E-state index in [1.807, 2.05) is 0 Å². The lowest BCUT2D eigenvalue weighted by atomic mass is 9.87. The van der Waals surface area contributed by atoms with Crippen LogP contribution in [0.5, 0.6) is 0 Å². The summed E-state index contributed by atoms with van der Waals surface area (Å²) in [4.78, 5) is 12.5. The average Bonchev–Trinajstić information content (AvgIpc) is 3.22. The van der Waals surface area contributed by atoms with E-state index in [-0.39, 0.29) is 28.8 Å². The van der Waals surface area contributed by atoms with Gasteiger partial charge in [0.25, 0.3) is 5.91 Å². The van der Waals surface area contributed by atoms with Gasteiger partial charge in [0.2, 0.25) is 6.35 Å². The molecule has 7 atom stereocenters. The van der Waals surface area contributed by atoms with Crippen LogP contribution in [0, 0.1) is 5.92 Å². The van der Waals surface area contributed by atoms with Crippen molar-refractivity contribution in [1.82, 2.24) is 21.5 Å². The number of hydrazine groups is 1. The van der Waals surface area contributed by atoms with Gasteiger partial charge in [-0.1, -0.05) is 25.7 Å². The highest BCUT2D eigenvalue weighted by atomic mass is 35.5. The lowest BCUT2D eigenvalue weighted by Gasteiger charge is -2.30. The molecule has 2 heterocycles. The monoisotopic (exact) mass is 374 g/mol. The summed E-state index contributed by atoms with van der Waals surface area (Å²) in [6.07, 6.45) is 8.81. The van der Waals surface area contributed by atoms with Crippen molar-refractivity contribution in [2.24, 2.45) is 5.92 Å². The topological polar surface area (TPSA) is 74.4 Å². The molecule has 24 heavy (non-hydrogen) atoms. The van der Waals surface area contributed by atoms with Crippen LogP contribution < -0.4 is 21.5 Å². The van der Waals surface area contributed by atoms with Crippen molar-refractivity contribution in [3.8, 4) is 0 Å².